The Labute approximate surface area is 154 Å². The van der Waals surface area contributed by atoms with E-state index in [4.69, 9.17) is 0 Å². The summed E-state index contributed by atoms with van der Waals surface area (Å²) in [5.74, 6) is -1.37. The van der Waals surface area contributed by atoms with Gasteiger partial charge in [-0.05, 0) is 30.3 Å². The molecule has 0 aliphatic heterocycles. The standard InChI is InChI=1S/C19H17FN4O3/c1-23(10-17(25)22-14-6-4-5-13(20)9-14)18(26)11-24-12-21-16-8-3-2-7-15(16)19(24)27/h2-9,12H,10-11H2,1H3,(H,22,25). The Bertz CT molecular complexity index is 1060. The molecular formula is C19H17FN4O3. The zero-order chi connectivity index (χ0) is 19.4. The molecular weight excluding hydrogens is 351 g/mol. The van der Waals surface area contributed by atoms with Crippen LogP contribution in [0.15, 0.2) is 59.7 Å². The zero-order valence-corrected chi connectivity index (χ0v) is 14.6. The molecule has 0 atom stereocenters. The largest absolute Gasteiger partial charge is 0.335 e. The SMILES string of the molecule is CN(CC(=O)Nc1cccc(F)c1)C(=O)Cn1cnc2ccccc2c1=O. The topological polar surface area (TPSA) is 84.3 Å². The Balaban J connectivity index is 1.65. The lowest BCUT2D eigenvalue weighted by molar-refractivity contribution is -0.133. The molecule has 0 aliphatic rings. The van der Waals surface area contributed by atoms with E-state index in [1.807, 2.05) is 0 Å². The number of hydrogen-bond acceptors (Lipinski definition) is 4. The molecule has 138 valence electrons. The molecule has 8 heteroatoms. The first kappa shape index (κ1) is 18.2. The van der Waals surface area contributed by atoms with Crippen LogP contribution in [0.1, 0.15) is 0 Å². The number of hydrogen-bond donors (Lipinski definition) is 1. The van der Waals surface area contributed by atoms with Crippen molar-refractivity contribution in [2.24, 2.45) is 0 Å². The molecule has 0 fully saturated rings. The summed E-state index contributed by atoms with van der Waals surface area (Å²) in [7, 11) is 1.45. The van der Waals surface area contributed by atoms with E-state index >= 15 is 0 Å². The van der Waals surface area contributed by atoms with Crippen LogP contribution in [0.4, 0.5) is 10.1 Å². The number of nitrogens with one attached hydrogen (secondary N) is 1. The Morgan fingerprint density at radius 3 is 2.74 bits per heavy atom. The highest BCUT2D eigenvalue weighted by molar-refractivity contribution is 5.94. The summed E-state index contributed by atoms with van der Waals surface area (Å²) in [6, 6.07) is 12.3. The van der Waals surface area contributed by atoms with Crippen LogP contribution in [0.2, 0.25) is 0 Å². The predicted octanol–water partition coefficient (Wildman–Crippen LogP) is 1.63. The fourth-order valence-electron chi connectivity index (χ4n) is 2.56. The van der Waals surface area contributed by atoms with Gasteiger partial charge in [-0.2, -0.15) is 0 Å². The number of halogens is 1. The van der Waals surface area contributed by atoms with Crippen LogP contribution in [0.25, 0.3) is 10.9 Å². The third-order valence-corrected chi connectivity index (χ3v) is 3.95. The highest BCUT2D eigenvalue weighted by atomic mass is 19.1. The number of carbonyl (C=O) groups excluding carboxylic acids is 2. The number of aromatic nitrogens is 2. The lowest BCUT2D eigenvalue weighted by Gasteiger charge is -2.17. The van der Waals surface area contributed by atoms with Crippen molar-refractivity contribution in [3.05, 3.63) is 71.0 Å². The molecule has 7 nitrogen and oxygen atoms in total. The van der Waals surface area contributed by atoms with E-state index in [1.54, 1.807) is 30.3 Å². The summed E-state index contributed by atoms with van der Waals surface area (Å²) in [6.07, 6.45) is 1.31. The Morgan fingerprint density at radius 1 is 1.19 bits per heavy atom. The molecule has 0 saturated carbocycles. The summed E-state index contributed by atoms with van der Waals surface area (Å²) in [5.41, 5.74) is 0.524. The van der Waals surface area contributed by atoms with E-state index < -0.39 is 17.6 Å². The van der Waals surface area contributed by atoms with Gasteiger partial charge in [-0.25, -0.2) is 9.37 Å². The second kappa shape index (κ2) is 7.77. The fourth-order valence-corrected chi connectivity index (χ4v) is 2.56. The van der Waals surface area contributed by atoms with Crippen molar-refractivity contribution in [1.29, 1.82) is 0 Å². The number of benzene rings is 2. The second-order valence-electron chi connectivity index (χ2n) is 6.00. The minimum Gasteiger partial charge on any atom is -0.335 e. The first-order chi connectivity index (χ1) is 12.9. The van der Waals surface area contributed by atoms with Crippen molar-refractivity contribution in [3.8, 4) is 0 Å². The first-order valence-corrected chi connectivity index (χ1v) is 8.17. The van der Waals surface area contributed by atoms with Crippen molar-refractivity contribution in [2.75, 3.05) is 18.9 Å². The van der Waals surface area contributed by atoms with Gasteiger partial charge in [0.15, 0.2) is 0 Å². The maximum absolute atomic E-state index is 13.1. The molecule has 1 aromatic heterocycles. The first-order valence-electron chi connectivity index (χ1n) is 8.17. The van der Waals surface area contributed by atoms with Gasteiger partial charge in [-0.15, -0.1) is 0 Å². The van der Waals surface area contributed by atoms with Gasteiger partial charge in [0.05, 0.1) is 23.8 Å². The Kier molecular flexibility index (Phi) is 5.25. The minimum atomic E-state index is -0.472. The number of rotatable bonds is 5. The highest BCUT2D eigenvalue weighted by Crippen LogP contribution is 2.09. The van der Waals surface area contributed by atoms with Gasteiger partial charge in [0.1, 0.15) is 12.4 Å². The lowest BCUT2D eigenvalue weighted by Crippen LogP contribution is -2.38. The van der Waals surface area contributed by atoms with Crippen molar-refractivity contribution in [2.45, 2.75) is 6.54 Å². The monoisotopic (exact) mass is 368 g/mol. The smallest absolute Gasteiger partial charge is 0.261 e. The molecule has 0 radical (unpaired) electrons. The van der Waals surface area contributed by atoms with Gasteiger partial charge in [0.2, 0.25) is 11.8 Å². The molecule has 1 heterocycles. The predicted molar refractivity (Wildman–Crippen MR) is 98.7 cm³/mol. The number of anilines is 1. The third kappa shape index (κ3) is 4.35. The molecule has 0 saturated heterocycles. The summed E-state index contributed by atoms with van der Waals surface area (Å²) in [4.78, 5) is 42.1. The molecule has 1 N–H and O–H groups in total. The molecule has 2 aromatic carbocycles. The van der Waals surface area contributed by atoms with E-state index in [2.05, 4.69) is 10.3 Å². The maximum atomic E-state index is 13.1. The van der Waals surface area contributed by atoms with Crippen molar-refractivity contribution >= 4 is 28.4 Å². The molecule has 0 bridgehead atoms. The van der Waals surface area contributed by atoms with Crippen molar-refractivity contribution in [1.82, 2.24) is 14.5 Å². The van der Waals surface area contributed by atoms with Crippen LogP contribution in [0, 0.1) is 5.82 Å². The lowest BCUT2D eigenvalue weighted by atomic mass is 10.2. The van der Waals surface area contributed by atoms with Crippen LogP contribution < -0.4 is 10.9 Å². The number of carbonyl (C=O) groups is 2. The molecule has 2 amide bonds. The number of likely N-dealkylation sites (N-methyl/N-ethyl adjacent to an activating group) is 1. The summed E-state index contributed by atoms with van der Waals surface area (Å²) >= 11 is 0. The van der Waals surface area contributed by atoms with Crippen molar-refractivity contribution < 1.29 is 14.0 Å². The number of fused-ring (bicyclic) bond motifs is 1. The fraction of sp³-hybridized carbons (Fsp3) is 0.158. The van der Waals surface area contributed by atoms with Crippen LogP contribution in [0.5, 0.6) is 0 Å². The normalized spacial score (nSPS) is 10.6. The molecule has 3 rings (SSSR count). The summed E-state index contributed by atoms with van der Waals surface area (Å²) in [6.45, 7) is -0.467. The number of amides is 2. The summed E-state index contributed by atoms with van der Waals surface area (Å²) < 4.78 is 14.3. The van der Waals surface area contributed by atoms with Gasteiger partial charge < -0.3 is 10.2 Å². The molecule has 0 aliphatic carbocycles. The third-order valence-electron chi connectivity index (χ3n) is 3.95. The van der Waals surface area contributed by atoms with E-state index in [0.717, 1.165) is 0 Å². The minimum absolute atomic E-state index is 0.231. The quantitative estimate of drug-likeness (QED) is 0.742. The average Bonchev–Trinajstić information content (AvgIpc) is 2.64. The van der Waals surface area contributed by atoms with Crippen LogP contribution in [-0.2, 0) is 16.1 Å². The van der Waals surface area contributed by atoms with E-state index in [-0.39, 0.29) is 18.6 Å². The van der Waals surface area contributed by atoms with Gasteiger partial charge in [0, 0.05) is 12.7 Å². The molecule has 0 unspecified atom stereocenters. The summed E-state index contributed by atoms with van der Waals surface area (Å²) in [5, 5.41) is 2.93. The molecule has 0 spiro atoms. The maximum Gasteiger partial charge on any atom is 0.261 e. The second-order valence-corrected chi connectivity index (χ2v) is 6.00. The van der Waals surface area contributed by atoms with Crippen LogP contribution in [0.3, 0.4) is 0 Å². The average molecular weight is 368 g/mol. The Hall–Kier alpha value is -3.55. The highest BCUT2D eigenvalue weighted by Gasteiger charge is 2.15. The van der Waals surface area contributed by atoms with E-state index in [9.17, 15) is 18.8 Å². The van der Waals surface area contributed by atoms with Gasteiger partial charge >= 0.3 is 0 Å². The van der Waals surface area contributed by atoms with Crippen LogP contribution in [-0.4, -0.2) is 39.9 Å². The zero-order valence-electron chi connectivity index (χ0n) is 14.6. The molecule has 3 aromatic rings. The van der Waals surface area contributed by atoms with Gasteiger partial charge in [0.25, 0.3) is 5.56 Å². The van der Waals surface area contributed by atoms with Gasteiger partial charge in [-0.1, -0.05) is 18.2 Å². The molecule has 27 heavy (non-hydrogen) atoms. The number of nitrogens with zero attached hydrogens (tertiary/aromatic N) is 3. The Morgan fingerprint density at radius 2 is 1.96 bits per heavy atom. The number of para-hydroxylation sites is 1. The van der Waals surface area contributed by atoms with Crippen molar-refractivity contribution in [3.63, 3.8) is 0 Å². The van der Waals surface area contributed by atoms with Crippen LogP contribution >= 0.6 is 0 Å². The van der Waals surface area contributed by atoms with Gasteiger partial charge in [-0.3, -0.25) is 19.0 Å². The van der Waals surface area contributed by atoms with E-state index in [1.165, 1.54) is 41.0 Å². The van der Waals surface area contributed by atoms with E-state index in [0.29, 0.717) is 16.6 Å².